The number of nitro benzene ring substituents is 1. The number of rotatable bonds is 5. The van der Waals surface area contributed by atoms with E-state index in [1.165, 1.54) is 12.1 Å². The van der Waals surface area contributed by atoms with Crippen LogP contribution in [0.5, 0.6) is 0 Å². The summed E-state index contributed by atoms with van der Waals surface area (Å²) in [6.45, 7) is 0. The van der Waals surface area contributed by atoms with Crippen LogP contribution >= 0.6 is 0 Å². The average molecular weight is 383 g/mol. The van der Waals surface area contributed by atoms with Gasteiger partial charge in [-0.15, -0.1) is 0 Å². The van der Waals surface area contributed by atoms with Gasteiger partial charge in [-0.25, -0.2) is 0 Å². The van der Waals surface area contributed by atoms with Crippen molar-refractivity contribution in [2.45, 2.75) is 6.04 Å². The summed E-state index contributed by atoms with van der Waals surface area (Å²) in [7, 11) is 0. The molecule has 0 fully saturated rings. The maximum atomic E-state index is 12.1. The Labute approximate surface area is 167 Å². The zero-order chi connectivity index (χ0) is 20.2. The summed E-state index contributed by atoms with van der Waals surface area (Å²) in [5.74, 6) is 0. The van der Waals surface area contributed by atoms with Crippen molar-refractivity contribution < 1.29 is 9.72 Å². The van der Waals surface area contributed by atoms with Gasteiger partial charge < -0.3 is 9.69 Å². The minimum Gasteiger partial charge on any atom is -0.333 e. The van der Waals surface area contributed by atoms with Gasteiger partial charge in [0, 0.05) is 35.8 Å². The van der Waals surface area contributed by atoms with Gasteiger partial charge in [-0.3, -0.25) is 15.1 Å². The second-order valence-corrected chi connectivity index (χ2v) is 6.53. The summed E-state index contributed by atoms with van der Waals surface area (Å²) < 4.78 is 0. The van der Waals surface area contributed by atoms with Crippen molar-refractivity contribution in [2.24, 2.45) is 0 Å². The van der Waals surface area contributed by atoms with Crippen LogP contribution in [0.15, 0.2) is 91.3 Å². The van der Waals surface area contributed by atoms with Crippen LogP contribution in [-0.2, 0) is 4.79 Å². The highest BCUT2D eigenvalue weighted by Gasteiger charge is 2.27. The van der Waals surface area contributed by atoms with E-state index in [0.29, 0.717) is 0 Å². The second-order valence-electron chi connectivity index (χ2n) is 6.53. The number of anilines is 1. The summed E-state index contributed by atoms with van der Waals surface area (Å²) >= 11 is 0. The van der Waals surface area contributed by atoms with Gasteiger partial charge in [0.1, 0.15) is 12.3 Å². The Morgan fingerprint density at radius 1 is 0.966 bits per heavy atom. The number of hydrogen-bond donors (Lipinski definition) is 0. The molecule has 0 radical (unpaired) electrons. The molecule has 0 amide bonds. The maximum absolute atomic E-state index is 12.1. The molecule has 2 heterocycles. The molecule has 0 aliphatic carbocycles. The minimum atomic E-state index is -0.564. The van der Waals surface area contributed by atoms with E-state index in [2.05, 4.69) is 4.98 Å². The smallest absolute Gasteiger partial charge is 0.269 e. The molecule has 1 atom stereocenters. The normalized spacial score (nSPS) is 16.0. The van der Waals surface area contributed by atoms with E-state index in [9.17, 15) is 14.9 Å². The molecule has 1 aliphatic heterocycles. The third-order valence-electron chi connectivity index (χ3n) is 4.76. The van der Waals surface area contributed by atoms with Crippen LogP contribution in [0.2, 0.25) is 0 Å². The number of carbonyl (C=O) groups excluding carboxylic acids is 1. The van der Waals surface area contributed by atoms with Gasteiger partial charge in [0.15, 0.2) is 0 Å². The van der Waals surface area contributed by atoms with Gasteiger partial charge in [0.05, 0.1) is 10.6 Å². The van der Waals surface area contributed by atoms with Crippen LogP contribution < -0.4 is 4.90 Å². The molecule has 6 nitrogen and oxygen atoms in total. The molecular weight excluding hydrogens is 366 g/mol. The quantitative estimate of drug-likeness (QED) is 0.368. The molecule has 1 aromatic heterocycles. The van der Waals surface area contributed by atoms with Gasteiger partial charge in [0.25, 0.3) is 5.69 Å². The Balaban J connectivity index is 1.85. The number of hydrogen-bond acceptors (Lipinski definition) is 5. The number of carbonyl (C=O) groups is 1. The van der Waals surface area contributed by atoms with Crippen molar-refractivity contribution in [2.75, 3.05) is 4.90 Å². The topological polar surface area (TPSA) is 76.3 Å². The highest BCUT2D eigenvalue weighted by atomic mass is 16.6. The summed E-state index contributed by atoms with van der Waals surface area (Å²) in [5, 5.41) is 11.0. The molecule has 0 bridgehead atoms. The third kappa shape index (κ3) is 3.68. The predicted octanol–water partition coefficient (Wildman–Crippen LogP) is 4.50. The molecular formula is C23H17N3O3. The Bertz CT molecular complexity index is 1090. The number of allylic oxidation sites excluding steroid dienone is 2. The van der Waals surface area contributed by atoms with Crippen molar-refractivity contribution in [1.82, 2.24) is 4.98 Å². The molecule has 3 aromatic rings. The number of para-hydroxylation sites is 1. The fourth-order valence-corrected chi connectivity index (χ4v) is 3.35. The standard InChI is InChI=1S/C23H17N3O3/c27-16-23-21(17-9-11-20(12-10-17)26(28)29)14-18(22-8-4-5-13-24-22)15-25(23)19-6-2-1-3-7-19/h1-16,23H. The van der Waals surface area contributed by atoms with E-state index >= 15 is 0 Å². The van der Waals surface area contributed by atoms with Crippen LogP contribution in [0.25, 0.3) is 11.1 Å². The number of aromatic nitrogens is 1. The van der Waals surface area contributed by atoms with Crippen molar-refractivity contribution in [3.8, 4) is 0 Å². The van der Waals surface area contributed by atoms with Crippen LogP contribution in [0.1, 0.15) is 11.3 Å². The lowest BCUT2D eigenvalue weighted by atomic mass is 9.91. The first-order valence-electron chi connectivity index (χ1n) is 9.06. The molecule has 0 saturated heterocycles. The van der Waals surface area contributed by atoms with E-state index in [1.807, 2.05) is 65.7 Å². The van der Waals surface area contributed by atoms with E-state index < -0.39 is 11.0 Å². The molecule has 1 aliphatic rings. The van der Waals surface area contributed by atoms with Crippen LogP contribution in [-0.4, -0.2) is 22.2 Å². The Hall–Kier alpha value is -4.06. The first-order chi connectivity index (χ1) is 14.2. The zero-order valence-electron chi connectivity index (χ0n) is 15.4. The number of benzene rings is 2. The van der Waals surface area contributed by atoms with E-state index in [1.54, 1.807) is 18.3 Å². The van der Waals surface area contributed by atoms with Crippen LogP contribution in [0, 0.1) is 10.1 Å². The maximum Gasteiger partial charge on any atom is 0.269 e. The van der Waals surface area contributed by atoms with Crippen molar-refractivity contribution in [1.29, 1.82) is 0 Å². The number of nitrogens with zero attached hydrogens (tertiary/aromatic N) is 3. The largest absolute Gasteiger partial charge is 0.333 e. The molecule has 142 valence electrons. The predicted molar refractivity (Wildman–Crippen MR) is 112 cm³/mol. The Morgan fingerprint density at radius 3 is 2.31 bits per heavy atom. The molecule has 29 heavy (non-hydrogen) atoms. The lowest BCUT2D eigenvalue weighted by Crippen LogP contribution is -2.35. The fourth-order valence-electron chi connectivity index (χ4n) is 3.35. The summed E-state index contributed by atoms with van der Waals surface area (Å²) in [5.41, 5.74) is 3.99. The number of nitro groups is 1. The Kier molecular flexibility index (Phi) is 4.99. The van der Waals surface area contributed by atoms with Crippen molar-refractivity contribution in [3.05, 3.63) is 113 Å². The molecule has 0 N–H and O–H groups in total. The minimum absolute atomic E-state index is 0.00761. The van der Waals surface area contributed by atoms with E-state index in [-0.39, 0.29) is 5.69 Å². The van der Waals surface area contributed by atoms with Crippen molar-refractivity contribution in [3.63, 3.8) is 0 Å². The second kappa shape index (κ2) is 7.90. The monoisotopic (exact) mass is 383 g/mol. The SMILES string of the molecule is O=CC1C(c2ccc([N+](=O)[O-])cc2)=CC(c2ccccn2)=CN1c1ccccc1. The Morgan fingerprint density at radius 2 is 1.69 bits per heavy atom. The van der Waals surface area contributed by atoms with E-state index in [4.69, 9.17) is 0 Å². The molecule has 6 heteroatoms. The summed E-state index contributed by atoms with van der Waals surface area (Å²) in [6.07, 6.45) is 6.42. The van der Waals surface area contributed by atoms with Crippen LogP contribution in [0.4, 0.5) is 11.4 Å². The van der Waals surface area contributed by atoms with Gasteiger partial charge in [-0.2, -0.15) is 0 Å². The number of non-ortho nitro benzene ring substituents is 1. The lowest BCUT2D eigenvalue weighted by molar-refractivity contribution is -0.384. The zero-order valence-corrected chi connectivity index (χ0v) is 15.4. The highest BCUT2D eigenvalue weighted by Crippen LogP contribution is 2.35. The molecule has 1 unspecified atom stereocenters. The van der Waals surface area contributed by atoms with Crippen molar-refractivity contribution >= 4 is 28.8 Å². The third-order valence-corrected chi connectivity index (χ3v) is 4.76. The molecule has 2 aromatic carbocycles. The molecule has 0 saturated carbocycles. The molecule has 4 rings (SSSR count). The highest BCUT2D eigenvalue weighted by molar-refractivity contribution is 5.98. The van der Waals surface area contributed by atoms with Crippen LogP contribution in [0.3, 0.4) is 0 Å². The summed E-state index contributed by atoms with van der Waals surface area (Å²) in [4.78, 5) is 29.0. The van der Waals surface area contributed by atoms with E-state index in [0.717, 1.165) is 34.4 Å². The summed E-state index contributed by atoms with van der Waals surface area (Å²) in [6, 6.07) is 20.9. The fraction of sp³-hybridized carbons (Fsp3) is 0.0435. The number of aldehydes is 1. The first-order valence-corrected chi connectivity index (χ1v) is 9.06. The van der Waals surface area contributed by atoms with Gasteiger partial charge in [-0.1, -0.05) is 24.3 Å². The average Bonchev–Trinajstić information content (AvgIpc) is 2.79. The van der Waals surface area contributed by atoms with Gasteiger partial charge in [-0.05, 0) is 53.6 Å². The van der Waals surface area contributed by atoms with Gasteiger partial charge in [0.2, 0.25) is 0 Å². The first kappa shape index (κ1) is 18.3. The molecule has 0 spiro atoms. The number of pyridine rings is 1. The lowest BCUT2D eigenvalue weighted by Gasteiger charge is -2.33. The van der Waals surface area contributed by atoms with Gasteiger partial charge >= 0.3 is 0 Å².